The van der Waals surface area contributed by atoms with E-state index in [0.29, 0.717) is 5.69 Å². The van der Waals surface area contributed by atoms with Gasteiger partial charge in [0, 0.05) is 10.2 Å². The smallest absolute Gasteiger partial charge is 0.309 e. The Balaban J connectivity index is 1.78. The fourth-order valence-corrected chi connectivity index (χ4v) is 1.74. The highest BCUT2D eigenvalue weighted by molar-refractivity contribution is 9.10. The standard InChI is InChI=1S/C12H12BrNO3/c13-9-2-1-3-10(6-9)14-11(15)7-17-12(16)8-4-5-8/h1-3,6,8H,4-5,7H2,(H,14,15). The van der Waals surface area contributed by atoms with Crippen molar-refractivity contribution in [2.75, 3.05) is 11.9 Å². The molecule has 0 aromatic heterocycles. The second kappa shape index (κ2) is 5.31. The largest absolute Gasteiger partial charge is 0.455 e. The maximum absolute atomic E-state index is 11.5. The summed E-state index contributed by atoms with van der Waals surface area (Å²) in [6, 6.07) is 7.23. The number of ether oxygens (including phenoxy) is 1. The third kappa shape index (κ3) is 3.85. The number of esters is 1. The number of anilines is 1. The van der Waals surface area contributed by atoms with Crippen molar-refractivity contribution < 1.29 is 14.3 Å². The maximum Gasteiger partial charge on any atom is 0.309 e. The molecule has 1 N–H and O–H groups in total. The number of rotatable bonds is 4. The van der Waals surface area contributed by atoms with Gasteiger partial charge in [0.2, 0.25) is 0 Å². The molecule has 1 fully saturated rings. The molecule has 1 aromatic rings. The summed E-state index contributed by atoms with van der Waals surface area (Å²) in [5, 5.41) is 2.65. The summed E-state index contributed by atoms with van der Waals surface area (Å²) in [6.45, 7) is -0.220. The first-order chi connectivity index (χ1) is 8.15. The van der Waals surface area contributed by atoms with Gasteiger partial charge in [-0.15, -0.1) is 0 Å². The number of halogens is 1. The van der Waals surface area contributed by atoms with E-state index < -0.39 is 0 Å². The number of carbonyl (C=O) groups excluding carboxylic acids is 2. The van der Waals surface area contributed by atoms with Crippen molar-refractivity contribution in [3.05, 3.63) is 28.7 Å². The molecule has 1 aliphatic rings. The fraction of sp³-hybridized carbons (Fsp3) is 0.333. The molecule has 1 aromatic carbocycles. The van der Waals surface area contributed by atoms with Gasteiger partial charge in [-0.2, -0.15) is 0 Å². The van der Waals surface area contributed by atoms with E-state index in [0.717, 1.165) is 17.3 Å². The van der Waals surface area contributed by atoms with E-state index >= 15 is 0 Å². The van der Waals surface area contributed by atoms with Crippen LogP contribution in [0.25, 0.3) is 0 Å². The van der Waals surface area contributed by atoms with Crippen LogP contribution < -0.4 is 5.32 Å². The van der Waals surface area contributed by atoms with Crippen LogP contribution in [0.1, 0.15) is 12.8 Å². The van der Waals surface area contributed by atoms with Crippen LogP contribution in [-0.4, -0.2) is 18.5 Å². The quantitative estimate of drug-likeness (QED) is 0.868. The molecule has 0 saturated heterocycles. The summed E-state index contributed by atoms with van der Waals surface area (Å²) in [5.74, 6) is -0.569. The van der Waals surface area contributed by atoms with Crippen LogP contribution >= 0.6 is 15.9 Å². The molecule has 0 aliphatic heterocycles. The summed E-state index contributed by atoms with van der Waals surface area (Å²) in [6.07, 6.45) is 1.76. The van der Waals surface area contributed by atoms with Crippen molar-refractivity contribution in [3.63, 3.8) is 0 Å². The Kier molecular flexibility index (Phi) is 3.78. The lowest BCUT2D eigenvalue weighted by molar-refractivity contribution is -0.148. The molecular formula is C12H12BrNO3. The minimum absolute atomic E-state index is 0.0219. The number of hydrogen-bond donors (Lipinski definition) is 1. The molecule has 0 heterocycles. The van der Waals surface area contributed by atoms with Gasteiger partial charge in [-0.25, -0.2) is 0 Å². The zero-order valence-electron chi connectivity index (χ0n) is 9.11. The van der Waals surface area contributed by atoms with Crippen LogP contribution in [0.15, 0.2) is 28.7 Å². The normalized spacial score (nSPS) is 14.2. The molecule has 90 valence electrons. The van der Waals surface area contributed by atoms with Gasteiger partial charge in [-0.1, -0.05) is 22.0 Å². The van der Waals surface area contributed by atoms with E-state index in [2.05, 4.69) is 21.2 Å². The van der Waals surface area contributed by atoms with Crippen molar-refractivity contribution in [2.45, 2.75) is 12.8 Å². The predicted molar refractivity (Wildman–Crippen MR) is 66.5 cm³/mol. The Morgan fingerprint density at radius 2 is 2.18 bits per heavy atom. The molecule has 0 atom stereocenters. The summed E-state index contributed by atoms with van der Waals surface area (Å²) in [4.78, 5) is 22.7. The molecule has 1 saturated carbocycles. The highest BCUT2D eigenvalue weighted by Crippen LogP contribution is 2.29. The van der Waals surface area contributed by atoms with Gasteiger partial charge in [0.1, 0.15) is 0 Å². The van der Waals surface area contributed by atoms with Crippen molar-refractivity contribution in [1.82, 2.24) is 0 Å². The topological polar surface area (TPSA) is 55.4 Å². The molecule has 1 amide bonds. The van der Waals surface area contributed by atoms with Gasteiger partial charge >= 0.3 is 5.97 Å². The fourth-order valence-electron chi connectivity index (χ4n) is 1.34. The SMILES string of the molecule is O=C(COC(=O)C1CC1)Nc1cccc(Br)c1. The van der Waals surface area contributed by atoms with Crippen LogP contribution in [0, 0.1) is 5.92 Å². The Labute approximate surface area is 107 Å². The third-order valence-electron chi connectivity index (χ3n) is 2.36. The second-order valence-electron chi connectivity index (χ2n) is 3.94. The number of amides is 1. The minimum Gasteiger partial charge on any atom is -0.455 e. The van der Waals surface area contributed by atoms with Gasteiger partial charge in [0.15, 0.2) is 6.61 Å². The minimum atomic E-state index is -0.322. The average molecular weight is 298 g/mol. The van der Waals surface area contributed by atoms with Crippen molar-refractivity contribution in [2.24, 2.45) is 5.92 Å². The molecule has 2 rings (SSSR count). The Bertz CT molecular complexity index is 443. The van der Waals surface area contributed by atoms with Gasteiger partial charge in [-0.05, 0) is 31.0 Å². The van der Waals surface area contributed by atoms with Crippen LogP contribution in [0.4, 0.5) is 5.69 Å². The van der Waals surface area contributed by atoms with Crippen molar-refractivity contribution in [1.29, 1.82) is 0 Å². The van der Waals surface area contributed by atoms with Crippen LogP contribution in [-0.2, 0) is 14.3 Å². The van der Waals surface area contributed by atoms with E-state index in [1.165, 1.54) is 0 Å². The summed E-state index contributed by atoms with van der Waals surface area (Å²) in [5.41, 5.74) is 0.673. The van der Waals surface area contributed by atoms with Crippen molar-refractivity contribution >= 4 is 33.5 Å². The summed E-state index contributed by atoms with van der Waals surface area (Å²) >= 11 is 3.30. The average Bonchev–Trinajstić information content (AvgIpc) is 3.09. The third-order valence-corrected chi connectivity index (χ3v) is 2.86. The maximum atomic E-state index is 11.5. The number of benzene rings is 1. The zero-order chi connectivity index (χ0) is 12.3. The summed E-state index contributed by atoms with van der Waals surface area (Å²) < 4.78 is 5.75. The molecule has 0 bridgehead atoms. The Morgan fingerprint density at radius 1 is 1.41 bits per heavy atom. The van der Waals surface area contributed by atoms with Crippen molar-refractivity contribution in [3.8, 4) is 0 Å². The Morgan fingerprint density at radius 3 is 2.82 bits per heavy atom. The van der Waals surface area contributed by atoms with Gasteiger partial charge in [-0.3, -0.25) is 9.59 Å². The molecule has 0 unspecified atom stereocenters. The van der Waals surface area contributed by atoms with Crippen LogP contribution in [0.5, 0.6) is 0 Å². The second-order valence-corrected chi connectivity index (χ2v) is 4.86. The van der Waals surface area contributed by atoms with Gasteiger partial charge in [0.05, 0.1) is 5.92 Å². The van der Waals surface area contributed by atoms with E-state index in [4.69, 9.17) is 4.74 Å². The lowest BCUT2D eigenvalue weighted by Gasteiger charge is -2.06. The van der Waals surface area contributed by atoms with E-state index in [1.54, 1.807) is 12.1 Å². The molecule has 5 heteroatoms. The number of hydrogen-bond acceptors (Lipinski definition) is 3. The number of nitrogens with one attached hydrogen (secondary N) is 1. The van der Waals surface area contributed by atoms with Crippen LogP contribution in [0.2, 0.25) is 0 Å². The molecule has 1 aliphatic carbocycles. The van der Waals surface area contributed by atoms with Gasteiger partial charge in [0.25, 0.3) is 5.91 Å². The van der Waals surface area contributed by atoms with Crippen LogP contribution in [0.3, 0.4) is 0 Å². The van der Waals surface area contributed by atoms with E-state index in [9.17, 15) is 9.59 Å². The first-order valence-corrected chi connectivity index (χ1v) is 6.16. The lowest BCUT2D eigenvalue weighted by Crippen LogP contribution is -2.21. The first kappa shape index (κ1) is 12.1. The molecule has 17 heavy (non-hydrogen) atoms. The monoisotopic (exact) mass is 297 g/mol. The molecule has 0 radical (unpaired) electrons. The Hall–Kier alpha value is -1.36. The molecular weight excluding hydrogens is 286 g/mol. The molecule has 4 nitrogen and oxygen atoms in total. The lowest BCUT2D eigenvalue weighted by atomic mass is 10.3. The highest BCUT2D eigenvalue weighted by Gasteiger charge is 2.31. The predicted octanol–water partition coefficient (Wildman–Crippen LogP) is 2.34. The zero-order valence-corrected chi connectivity index (χ0v) is 10.7. The highest BCUT2D eigenvalue weighted by atomic mass is 79.9. The number of carbonyl (C=O) groups is 2. The molecule has 0 spiro atoms. The van der Waals surface area contributed by atoms with E-state index in [-0.39, 0.29) is 24.4 Å². The van der Waals surface area contributed by atoms with Gasteiger partial charge < -0.3 is 10.1 Å². The van der Waals surface area contributed by atoms with E-state index in [1.807, 2.05) is 12.1 Å². The summed E-state index contributed by atoms with van der Waals surface area (Å²) in [7, 11) is 0. The first-order valence-electron chi connectivity index (χ1n) is 5.37.